The lowest BCUT2D eigenvalue weighted by molar-refractivity contribution is 0.186. The number of urea groups is 1. The Morgan fingerprint density at radius 1 is 1.47 bits per heavy atom. The number of hydrogen-bond acceptors (Lipinski definition) is 2. The number of piperidine rings is 1. The lowest BCUT2D eigenvalue weighted by atomic mass is 10.0. The molecule has 1 saturated heterocycles. The van der Waals surface area contributed by atoms with E-state index in [0.29, 0.717) is 22.2 Å². The van der Waals surface area contributed by atoms with Gasteiger partial charge in [-0.1, -0.05) is 29.9 Å². The number of benzene rings is 1. The first-order valence-electron chi connectivity index (χ1n) is 6.20. The summed E-state index contributed by atoms with van der Waals surface area (Å²) in [6.07, 6.45) is 2.85. The number of hydrogen-bond donors (Lipinski definition) is 2. The zero-order chi connectivity index (χ0) is 13.8. The largest absolute Gasteiger partial charge is 0.392 e. The number of carbonyl (C=O) groups excluding carboxylic acids is 1. The molecule has 1 aliphatic rings. The molecule has 1 aromatic rings. The second-order valence-electron chi connectivity index (χ2n) is 4.55. The third kappa shape index (κ3) is 3.58. The summed E-state index contributed by atoms with van der Waals surface area (Å²) in [5.41, 5.74) is 6.37. The van der Waals surface area contributed by atoms with E-state index in [1.54, 1.807) is 29.2 Å². The highest BCUT2D eigenvalue weighted by Crippen LogP contribution is 2.20. The van der Waals surface area contributed by atoms with Crippen LogP contribution in [0.15, 0.2) is 24.3 Å². The summed E-state index contributed by atoms with van der Waals surface area (Å²) in [7, 11) is 0. The van der Waals surface area contributed by atoms with Gasteiger partial charge in [-0.25, -0.2) is 4.79 Å². The predicted molar refractivity (Wildman–Crippen MR) is 81.6 cm³/mol. The van der Waals surface area contributed by atoms with Crippen molar-refractivity contribution < 1.29 is 4.79 Å². The zero-order valence-corrected chi connectivity index (χ0v) is 12.0. The van der Waals surface area contributed by atoms with E-state index in [-0.39, 0.29) is 12.1 Å². The topological polar surface area (TPSA) is 58.4 Å². The Bertz CT molecular complexity index is 495. The van der Waals surface area contributed by atoms with Gasteiger partial charge in [0.2, 0.25) is 0 Å². The highest BCUT2D eigenvalue weighted by atomic mass is 35.5. The van der Waals surface area contributed by atoms with Crippen molar-refractivity contribution >= 4 is 40.5 Å². The molecule has 1 aromatic carbocycles. The van der Waals surface area contributed by atoms with E-state index in [0.717, 1.165) is 19.3 Å². The van der Waals surface area contributed by atoms with E-state index in [2.05, 4.69) is 5.32 Å². The van der Waals surface area contributed by atoms with Gasteiger partial charge in [-0.3, -0.25) is 0 Å². The van der Waals surface area contributed by atoms with Crippen LogP contribution in [0.25, 0.3) is 0 Å². The molecule has 0 saturated carbocycles. The predicted octanol–water partition coefficient (Wildman–Crippen LogP) is 3.01. The fourth-order valence-corrected chi connectivity index (χ4v) is 2.67. The van der Waals surface area contributed by atoms with Crippen molar-refractivity contribution in [2.45, 2.75) is 25.3 Å². The first kappa shape index (κ1) is 14.1. The molecular weight excluding hydrogens is 282 g/mol. The van der Waals surface area contributed by atoms with Gasteiger partial charge in [0.15, 0.2) is 0 Å². The average molecular weight is 298 g/mol. The number of amides is 2. The second kappa shape index (κ2) is 6.21. The van der Waals surface area contributed by atoms with Crippen molar-refractivity contribution in [1.29, 1.82) is 0 Å². The van der Waals surface area contributed by atoms with Crippen molar-refractivity contribution in [2.75, 3.05) is 11.9 Å². The third-order valence-corrected chi connectivity index (χ3v) is 3.68. The second-order valence-corrected chi connectivity index (χ2v) is 5.46. The summed E-state index contributed by atoms with van der Waals surface area (Å²) in [6.45, 7) is 0.675. The van der Waals surface area contributed by atoms with Crippen LogP contribution < -0.4 is 11.1 Å². The molecule has 1 unspecified atom stereocenters. The molecular formula is C13H16ClN3OS. The molecule has 2 amide bonds. The molecule has 1 heterocycles. The Morgan fingerprint density at radius 2 is 2.26 bits per heavy atom. The summed E-state index contributed by atoms with van der Waals surface area (Å²) >= 11 is 10.9. The molecule has 6 heteroatoms. The van der Waals surface area contributed by atoms with Gasteiger partial charge < -0.3 is 16.0 Å². The van der Waals surface area contributed by atoms with Crippen LogP contribution in [0.2, 0.25) is 5.02 Å². The smallest absolute Gasteiger partial charge is 0.322 e. The van der Waals surface area contributed by atoms with Gasteiger partial charge in [-0.2, -0.15) is 0 Å². The van der Waals surface area contributed by atoms with Gasteiger partial charge in [-0.05, 0) is 37.5 Å². The SMILES string of the molecule is NC(=S)C1CCCCN1C(=O)Nc1cccc(Cl)c1. The monoisotopic (exact) mass is 297 g/mol. The molecule has 1 fully saturated rings. The van der Waals surface area contributed by atoms with E-state index in [9.17, 15) is 4.79 Å². The Kier molecular flexibility index (Phi) is 4.61. The van der Waals surface area contributed by atoms with Crippen molar-refractivity contribution in [3.05, 3.63) is 29.3 Å². The number of carbonyl (C=O) groups is 1. The van der Waals surface area contributed by atoms with Gasteiger partial charge in [0.05, 0.1) is 11.0 Å². The van der Waals surface area contributed by atoms with Crippen LogP contribution in [-0.2, 0) is 0 Å². The van der Waals surface area contributed by atoms with Gasteiger partial charge in [0.25, 0.3) is 0 Å². The number of nitrogens with zero attached hydrogens (tertiary/aromatic N) is 1. The summed E-state index contributed by atoms with van der Waals surface area (Å²) in [4.78, 5) is 14.3. The molecule has 2 rings (SSSR count). The normalized spacial score (nSPS) is 19.0. The molecule has 4 nitrogen and oxygen atoms in total. The summed E-state index contributed by atoms with van der Waals surface area (Å²) in [6, 6.07) is 6.72. The fraction of sp³-hybridized carbons (Fsp3) is 0.385. The minimum absolute atomic E-state index is 0.150. The highest BCUT2D eigenvalue weighted by Gasteiger charge is 2.28. The summed E-state index contributed by atoms with van der Waals surface area (Å²) in [5.74, 6) is 0. The number of rotatable bonds is 2. The van der Waals surface area contributed by atoms with Gasteiger partial charge in [0, 0.05) is 17.3 Å². The van der Waals surface area contributed by atoms with Crippen LogP contribution in [0.4, 0.5) is 10.5 Å². The van der Waals surface area contributed by atoms with Crippen molar-refractivity contribution in [1.82, 2.24) is 4.90 Å². The number of anilines is 1. The first-order chi connectivity index (χ1) is 9.08. The number of nitrogens with one attached hydrogen (secondary N) is 1. The van der Waals surface area contributed by atoms with Crippen LogP contribution >= 0.6 is 23.8 Å². The van der Waals surface area contributed by atoms with Crippen LogP contribution in [0.1, 0.15) is 19.3 Å². The lowest BCUT2D eigenvalue weighted by Crippen LogP contribution is -2.51. The highest BCUT2D eigenvalue weighted by molar-refractivity contribution is 7.80. The minimum Gasteiger partial charge on any atom is -0.392 e. The van der Waals surface area contributed by atoms with Crippen LogP contribution in [-0.4, -0.2) is 28.5 Å². The van der Waals surface area contributed by atoms with E-state index >= 15 is 0 Å². The molecule has 0 aromatic heterocycles. The van der Waals surface area contributed by atoms with E-state index in [4.69, 9.17) is 29.6 Å². The standard InChI is InChI=1S/C13H16ClN3OS/c14-9-4-3-5-10(8-9)16-13(18)17-7-2-1-6-11(17)12(15)19/h3-5,8,11H,1-2,6-7H2,(H2,15,19)(H,16,18). The fourth-order valence-electron chi connectivity index (χ4n) is 2.23. The van der Waals surface area contributed by atoms with E-state index < -0.39 is 0 Å². The molecule has 0 spiro atoms. The molecule has 102 valence electrons. The van der Waals surface area contributed by atoms with Crippen molar-refractivity contribution in [3.8, 4) is 0 Å². The summed E-state index contributed by atoms with van der Waals surface area (Å²) < 4.78 is 0. The molecule has 1 atom stereocenters. The number of thiocarbonyl (C=S) groups is 1. The molecule has 1 aliphatic heterocycles. The Balaban J connectivity index is 2.07. The minimum atomic E-state index is -0.181. The first-order valence-corrected chi connectivity index (χ1v) is 6.99. The maximum absolute atomic E-state index is 12.3. The maximum Gasteiger partial charge on any atom is 0.322 e. The van der Waals surface area contributed by atoms with Crippen molar-refractivity contribution in [3.63, 3.8) is 0 Å². The molecule has 3 N–H and O–H groups in total. The van der Waals surface area contributed by atoms with Gasteiger partial charge in [0.1, 0.15) is 0 Å². The van der Waals surface area contributed by atoms with Crippen LogP contribution in [0.3, 0.4) is 0 Å². The average Bonchev–Trinajstić information content (AvgIpc) is 2.38. The number of likely N-dealkylation sites (tertiary alicyclic amines) is 1. The summed E-state index contributed by atoms with van der Waals surface area (Å²) in [5, 5.41) is 3.41. The number of halogens is 1. The van der Waals surface area contributed by atoms with E-state index in [1.165, 1.54) is 0 Å². The van der Waals surface area contributed by atoms with Crippen LogP contribution in [0.5, 0.6) is 0 Å². The molecule has 0 radical (unpaired) electrons. The Hall–Kier alpha value is -1.33. The molecule has 0 bridgehead atoms. The number of nitrogens with two attached hydrogens (primary N) is 1. The molecule has 0 aliphatic carbocycles. The third-order valence-electron chi connectivity index (χ3n) is 3.17. The zero-order valence-electron chi connectivity index (χ0n) is 10.4. The van der Waals surface area contributed by atoms with Gasteiger partial charge >= 0.3 is 6.03 Å². The van der Waals surface area contributed by atoms with Crippen molar-refractivity contribution in [2.24, 2.45) is 5.73 Å². The maximum atomic E-state index is 12.3. The lowest BCUT2D eigenvalue weighted by Gasteiger charge is -2.34. The van der Waals surface area contributed by atoms with Gasteiger partial charge in [-0.15, -0.1) is 0 Å². The Morgan fingerprint density at radius 3 is 2.95 bits per heavy atom. The Labute approximate surface area is 122 Å². The van der Waals surface area contributed by atoms with E-state index in [1.807, 2.05) is 0 Å². The quantitative estimate of drug-likeness (QED) is 0.825. The van der Waals surface area contributed by atoms with Crippen LogP contribution in [0, 0.1) is 0 Å². The molecule has 19 heavy (non-hydrogen) atoms.